The van der Waals surface area contributed by atoms with Gasteiger partial charge in [0.05, 0.1) is 0 Å². The van der Waals surface area contributed by atoms with Gasteiger partial charge in [-0.15, -0.1) is 0 Å². The van der Waals surface area contributed by atoms with E-state index in [2.05, 4.69) is 30.2 Å². The van der Waals surface area contributed by atoms with Gasteiger partial charge in [0.25, 0.3) is 0 Å². The predicted octanol–water partition coefficient (Wildman–Crippen LogP) is 1.99. The molecule has 0 bridgehead atoms. The zero-order valence-electron chi connectivity index (χ0n) is 9.46. The van der Waals surface area contributed by atoms with E-state index in [0.717, 1.165) is 18.7 Å². The molecule has 3 N–H and O–H groups in total. The van der Waals surface area contributed by atoms with Crippen LogP contribution in [0, 0.1) is 13.8 Å². The summed E-state index contributed by atoms with van der Waals surface area (Å²) in [5, 5.41) is 3.45. The van der Waals surface area contributed by atoms with Crippen molar-refractivity contribution in [3.63, 3.8) is 0 Å². The third-order valence-corrected chi connectivity index (χ3v) is 3.11. The third-order valence-electron chi connectivity index (χ3n) is 3.11. The highest BCUT2D eigenvalue weighted by Gasteiger charge is 2.24. The van der Waals surface area contributed by atoms with E-state index in [9.17, 15) is 0 Å². The molecule has 82 valence electrons. The number of aromatic nitrogens is 1. The Hall–Kier alpha value is -1.09. The zero-order valence-corrected chi connectivity index (χ0v) is 9.46. The molecule has 0 aliphatic heterocycles. The monoisotopic (exact) mass is 205 g/mol. The molecule has 1 fully saturated rings. The number of nitrogens with one attached hydrogen (secondary N) is 1. The molecule has 1 heterocycles. The Bertz CT molecular complexity index is 349. The average molecular weight is 205 g/mol. The largest absolute Gasteiger partial charge is 0.366 e. The fourth-order valence-electron chi connectivity index (χ4n) is 2.21. The standard InChI is InChI=1S/C12H19N3/c1-8-6-9(2)12(14-7-8)15-11-5-3-4-10(11)13/h6-7,10-11H,3-5,13H2,1-2H3,(H,14,15)/t10-,11-/m0/s1. The van der Waals surface area contributed by atoms with E-state index in [0.29, 0.717) is 6.04 Å². The minimum atomic E-state index is 0.285. The number of hydrogen-bond acceptors (Lipinski definition) is 3. The molecule has 1 aromatic heterocycles. The van der Waals surface area contributed by atoms with Crippen LogP contribution in [0.2, 0.25) is 0 Å². The number of nitrogens with two attached hydrogens (primary N) is 1. The van der Waals surface area contributed by atoms with Gasteiger partial charge in [-0.05, 0) is 44.2 Å². The summed E-state index contributed by atoms with van der Waals surface area (Å²) in [7, 11) is 0. The van der Waals surface area contributed by atoms with Crippen LogP contribution < -0.4 is 11.1 Å². The molecule has 0 aromatic carbocycles. The van der Waals surface area contributed by atoms with Crippen molar-refractivity contribution in [3.8, 4) is 0 Å². The van der Waals surface area contributed by atoms with E-state index in [4.69, 9.17) is 5.73 Å². The van der Waals surface area contributed by atoms with Gasteiger partial charge in [-0.25, -0.2) is 4.98 Å². The van der Waals surface area contributed by atoms with Crippen LogP contribution in [0.3, 0.4) is 0 Å². The normalized spacial score (nSPS) is 25.5. The maximum atomic E-state index is 6.02. The highest BCUT2D eigenvalue weighted by atomic mass is 15.0. The number of aryl methyl sites for hydroxylation is 2. The minimum Gasteiger partial charge on any atom is -0.366 e. The minimum absolute atomic E-state index is 0.285. The first-order valence-electron chi connectivity index (χ1n) is 5.62. The Kier molecular flexibility index (Phi) is 2.91. The van der Waals surface area contributed by atoms with E-state index in [1.807, 2.05) is 6.20 Å². The van der Waals surface area contributed by atoms with Crippen molar-refractivity contribution < 1.29 is 0 Å². The Morgan fingerprint density at radius 3 is 2.80 bits per heavy atom. The second-order valence-corrected chi connectivity index (χ2v) is 4.52. The first-order valence-corrected chi connectivity index (χ1v) is 5.62. The van der Waals surface area contributed by atoms with Crippen LogP contribution in [0.1, 0.15) is 30.4 Å². The number of anilines is 1. The smallest absolute Gasteiger partial charge is 0.129 e. The first-order chi connectivity index (χ1) is 7.16. The van der Waals surface area contributed by atoms with Gasteiger partial charge >= 0.3 is 0 Å². The van der Waals surface area contributed by atoms with Crippen LogP contribution in [-0.2, 0) is 0 Å². The third kappa shape index (κ3) is 2.29. The molecule has 2 atom stereocenters. The summed E-state index contributed by atoms with van der Waals surface area (Å²) in [5.74, 6) is 0.989. The Morgan fingerprint density at radius 1 is 1.40 bits per heavy atom. The summed E-state index contributed by atoms with van der Waals surface area (Å²) in [6.45, 7) is 4.15. The van der Waals surface area contributed by atoms with Gasteiger partial charge in [0.1, 0.15) is 5.82 Å². The topological polar surface area (TPSA) is 50.9 Å². The van der Waals surface area contributed by atoms with Crippen LogP contribution in [0.15, 0.2) is 12.3 Å². The predicted molar refractivity (Wildman–Crippen MR) is 62.9 cm³/mol. The molecule has 1 aliphatic rings. The lowest BCUT2D eigenvalue weighted by molar-refractivity contribution is 0.635. The summed E-state index contributed by atoms with van der Waals surface area (Å²) in [6, 6.07) is 2.84. The van der Waals surface area contributed by atoms with Crippen molar-refractivity contribution in [2.75, 3.05) is 5.32 Å². The molecule has 0 amide bonds. The molecule has 1 saturated carbocycles. The van der Waals surface area contributed by atoms with Gasteiger partial charge in [-0.1, -0.05) is 6.07 Å². The van der Waals surface area contributed by atoms with Crippen LogP contribution in [0.5, 0.6) is 0 Å². The lowest BCUT2D eigenvalue weighted by Crippen LogP contribution is -2.35. The Morgan fingerprint density at radius 2 is 2.20 bits per heavy atom. The van der Waals surface area contributed by atoms with Gasteiger partial charge in [-0.3, -0.25) is 0 Å². The van der Waals surface area contributed by atoms with Crippen molar-refractivity contribution in [3.05, 3.63) is 23.4 Å². The van der Waals surface area contributed by atoms with E-state index < -0.39 is 0 Å². The lowest BCUT2D eigenvalue weighted by Gasteiger charge is -2.19. The second kappa shape index (κ2) is 4.19. The van der Waals surface area contributed by atoms with Crippen LogP contribution in [0.4, 0.5) is 5.82 Å². The summed E-state index contributed by atoms with van der Waals surface area (Å²) >= 11 is 0. The van der Waals surface area contributed by atoms with E-state index in [1.54, 1.807) is 0 Å². The summed E-state index contributed by atoms with van der Waals surface area (Å²) in [6.07, 6.45) is 5.41. The maximum Gasteiger partial charge on any atom is 0.129 e. The van der Waals surface area contributed by atoms with Crippen molar-refractivity contribution >= 4 is 5.82 Å². The number of rotatable bonds is 2. The maximum absolute atomic E-state index is 6.02. The van der Waals surface area contributed by atoms with Crippen LogP contribution in [-0.4, -0.2) is 17.1 Å². The quantitative estimate of drug-likeness (QED) is 0.776. The van der Waals surface area contributed by atoms with Gasteiger partial charge in [0.15, 0.2) is 0 Å². The SMILES string of the molecule is Cc1cnc(N[C@H]2CCC[C@@H]2N)c(C)c1. The fourth-order valence-corrected chi connectivity index (χ4v) is 2.21. The zero-order chi connectivity index (χ0) is 10.8. The molecular formula is C12H19N3. The van der Waals surface area contributed by atoms with Crippen molar-refractivity contribution in [2.24, 2.45) is 5.73 Å². The molecule has 0 saturated heterocycles. The average Bonchev–Trinajstić information content (AvgIpc) is 2.57. The molecule has 15 heavy (non-hydrogen) atoms. The molecule has 1 aromatic rings. The van der Waals surface area contributed by atoms with Gasteiger partial charge in [0.2, 0.25) is 0 Å². The summed E-state index contributed by atoms with van der Waals surface area (Å²) < 4.78 is 0. The fraction of sp³-hybridized carbons (Fsp3) is 0.583. The van der Waals surface area contributed by atoms with Crippen molar-refractivity contribution in [1.29, 1.82) is 0 Å². The molecule has 3 nitrogen and oxygen atoms in total. The number of hydrogen-bond donors (Lipinski definition) is 2. The molecular weight excluding hydrogens is 186 g/mol. The van der Waals surface area contributed by atoms with Gasteiger partial charge < -0.3 is 11.1 Å². The molecule has 1 aliphatic carbocycles. The summed E-state index contributed by atoms with van der Waals surface area (Å²) in [4.78, 5) is 4.41. The van der Waals surface area contributed by atoms with Crippen LogP contribution >= 0.6 is 0 Å². The molecule has 3 heteroatoms. The molecule has 2 rings (SSSR count). The Labute approximate surface area is 91.1 Å². The first kappa shape index (κ1) is 10.4. The van der Waals surface area contributed by atoms with E-state index >= 15 is 0 Å². The van der Waals surface area contributed by atoms with Gasteiger partial charge in [-0.2, -0.15) is 0 Å². The highest BCUT2D eigenvalue weighted by Crippen LogP contribution is 2.22. The van der Waals surface area contributed by atoms with E-state index in [-0.39, 0.29) is 6.04 Å². The molecule has 0 spiro atoms. The second-order valence-electron chi connectivity index (χ2n) is 4.52. The van der Waals surface area contributed by atoms with E-state index in [1.165, 1.54) is 17.5 Å². The lowest BCUT2D eigenvalue weighted by atomic mass is 10.1. The summed E-state index contributed by atoms with van der Waals surface area (Å²) in [5.41, 5.74) is 8.42. The Balaban J connectivity index is 2.10. The van der Waals surface area contributed by atoms with Crippen LogP contribution in [0.25, 0.3) is 0 Å². The van der Waals surface area contributed by atoms with Crippen molar-refractivity contribution in [1.82, 2.24) is 4.98 Å². The molecule has 0 radical (unpaired) electrons. The van der Waals surface area contributed by atoms with Crippen molar-refractivity contribution in [2.45, 2.75) is 45.2 Å². The highest BCUT2D eigenvalue weighted by molar-refractivity contribution is 5.45. The molecule has 0 unspecified atom stereocenters. The number of nitrogens with zero attached hydrogens (tertiary/aromatic N) is 1. The van der Waals surface area contributed by atoms with Gasteiger partial charge in [0, 0.05) is 18.3 Å². The number of pyridine rings is 1.